The molecule has 9 heteroatoms. The Morgan fingerprint density at radius 3 is 2.66 bits per heavy atom. The first-order chi connectivity index (χ1) is 15.5. The largest absolute Gasteiger partial charge is 0.493 e. The molecule has 0 N–H and O–H groups in total. The number of methoxy groups -OCH3 is 2. The van der Waals surface area contributed by atoms with Gasteiger partial charge < -0.3 is 14.2 Å². The van der Waals surface area contributed by atoms with Crippen molar-refractivity contribution in [3.05, 3.63) is 77.1 Å². The molecular weight excluding hydrogens is 448 g/mol. The molecule has 3 aromatic rings. The number of aromatic nitrogens is 1. The number of allylic oxidation sites excluding steroid dienone is 1. The first-order valence-corrected chi connectivity index (χ1v) is 11.6. The van der Waals surface area contributed by atoms with E-state index in [1.54, 1.807) is 56.1 Å². The summed E-state index contributed by atoms with van der Waals surface area (Å²) in [6.07, 6.45) is 1.85. The topological polar surface area (TPSA) is 79.1 Å². The molecule has 0 saturated heterocycles. The molecule has 4 rings (SSSR count). The van der Waals surface area contributed by atoms with Crippen LogP contribution in [-0.4, -0.2) is 31.4 Å². The van der Waals surface area contributed by atoms with Crippen molar-refractivity contribution < 1.29 is 19.0 Å². The Bertz CT molecular complexity index is 1370. The van der Waals surface area contributed by atoms with Crippen LogP contribution in [0.25, 0.3) is 6.08 Å². The maximum absolute atomic E-state index is 13.5. The number of hydrogen-bond donors (Lipinski definition) is 0. The van der Waals surface area contributed by atoms with Gasteiger partial charge in [0.1, 0.15) is 0 Å². The van der Waals surface area contributed by atoms with Crippen molar-refractivity contribution in [3.63, 3.8) is 0 Å². The van der Waals surface area contributed by atoms with Crippen LogP contribution in [0.5, 0.6) is 11.5 Å². The van der Waals surface area contributed by atoms with Crippen LogP contribution >= 0.6 is 22.7 Å². The van der Waals surface area contributed by atoms with E-state index in [2.05, 4.69) is 4.99 Å². The quantitative estimate of drug-likeness (QED) is 0.518. The van der Waals surface area contributed by atoms with E-state index < -0.39 is 12.0 Å². The molecule has 166 valence electrons. The molecule has 0 amide bonds. The average Bonchev–Trinajstić information content (AvgIpc) is 3.40. The lowest BCUT2D eigenvalue weighted by molar-refractivity contribution is -0.139. The van der Waals surface area contributed by atoms with Crippen molar-refractivity contribution in [3.8, 4) is 11.5 Å². The third kappa shape index (κ3) is 3.89. The molecule has 0 aliphatic carbocycles. The summed E-state index contributed by atoms with van der Waals surface area (Å²) < 4.78 is 18.2. The van der Waals surface area contributed by atoms with Gasteiger partial charge in [-0.05, 0) is 49.1 Å². The summed E-state index contributed by atoms with van der Waals surface area (Å²) in [5.74, 6) is 0.560. The van der Waals surface area contributed by atoms with Gasteiger partial charge >= 0.3 is 5.97 Å². The number of hydrogen-bond acceptors (Lipinski definition) is 8. The summed E-state index contributed by atoms with van der Waals surface area (Å²) in [7, 11) is 3.10. The minimum atomic E-state index is -0.699. The monoisotopic (exact) mass is 470 g/mol. The van der Waals surface area contributed by atoms with Crippen molar-refractivity contribution >= 4 is 34.7 Å². The van der Waals surface area contributed by atoms with Crippen molar-refractivity contribution in [2.24, 2.45) is 4.99 Å². The maximum Gasteiger partial charge on any atom is 0.338 e. The predicted octanol–water partition coefficient (Wildman–Crippen LogP) is 2.88. The average molecular weight is 471 g/mol. The molecule has 32 heavy (non-hydrogen) atoms. The van der Waals surface area contributed by atoms with Gasteiger partial charge in [-0.25, -0.2) is 9.79 Å². The zero-order valence-corrected chi connectivity index (χ0v) is 19.7. The number of carbonyl (C=O) groups excluding carboxylic acids is 1. The number of ether oxygens (including phenoxy) is 3. The number of fused-ring (bicyclic) bond motifs is 1. The lowest BCUT2D eigenvalue weighted by Crippen LogP contribution is -2.39. The fourth-order valence-electron chi connectivity index (χ4n) is 3.63. The summed E-state index contributed by atoms with van der Waals surface area (Å²) in [6, 6.07) is 8.54. The normalized spacial score (nSPS) is 15.9. The van der Waals surface area contributed by atoms with Crippen molar-refractivity contribution in [2.45, 2.75) is 19.9 Å². The van der Waals surface area contributed by atoms with E-state index in [4.69, 9.17) is 14.2 Å². The van der Waals surface area contributed by atoms with E-state index in [-0.39, 0.29) is 12.2 Å². The standard InChI is InChI=1S/C23H22N2O5S2/c1-5-30-22(27)19-13(2)24-23-25(21(26)18(32-23)12-15-7-6-10-31-15)20(19)14-8-9-16(28-3)17(11-14)29-4/h6-12,20H,5H2,1-4H3/b18-12-/t20-/m0/s1. The van der Waals surface area contributed by atoms with Crippen LogP contribution in [0.15, 0.2) is 56.8 Å². The Balaban J connectivity index is 1.98. The summed E-state index contributed by atoms with van der Waals surface area (Å²) in [5, 5.41) is 1.96. The first kappa shape index (κ1) is 22.0. The van der Waals surface area contributed by atoms with Crippen molar-refractivity contribution in [1.29, 1.82) is 0 Å². The van der Waals surface area contributed by atoms with Crippen LogP contribution in [0.4, 0.5) is 0 Å². The second kappa shape index (κ2) is 9.13. The highest BCUT2D eigenvalue weighted by Crippen LogP contribution is 2.36. The molecule has 0 radical (unpaired) electrons. The van der Waals surface area contributed by atoms with Crippen LogP contribution in [-0.2, 0) is 9.53 Å². The summed E-state index contributed by atoms with van der Waals surface area (Å²) in [6.45, 7) is 3.73. The third-order valence-corrected chi connectivity index (χ3v) is 6.86. The summed E-state index contributed by atoms with van der Waals surface area (Å²) in [4.78, 5) is 32.5. The second-order valence-electron chi connectivity index (χ2n) is 6.93. The lowest BCUT2D eigenvalue weighted by atomic mass is 9.95. The van der Waals surface area contributed by atoms with Gasteiger partial charge in [-0.2, -0.15) is 0 Å². The molecule has 0 fully saturated rings. The van der Waals surface area contributed by atoms with Crippen molar-refractivity contribution in [1.82, 2.24) is 4.57 Å². The van der Waals surface area contributed by atoms with E-state index in [1.165, 1.54) is 11.3 Å². The zero-order chi connectivity index (χ0) is 22.8. The van der Waals surface area contributed by atoms with Gasteiger partial charge in [0.15, 0.2) is 16.3 Å². The smallest absolute Gasteiger partial charge is 0.338 e. The van der Waals surface area contributed by atoms with Gasteiger partial charge in [0.25, 0.3) is 5.56 Å². The number of thiophene rings is 1. The highest BCUT2D eigenvalue weighted by atomic mass is 32.1. The molecule has 2 aromatic heterocycles. The Morgan fingerprint density at radius 1 is 1.22 bits per heavy atom. The maximum atomic E-state index is 13.5. The molecule has 0 unspecified atom stereocenters. The molecule has 1 aliphatic rings. The third-order valence-electron chi connectivity index (χ3n) is 5.06. The number of carbonyl (C=O) groups is 1. The zero-order valence-electron chi connectivity index (χ0n) is 18.1. The minimum absolute atomic E-state index is 0.212. The van der Waals surface area contributed by atoms with Crippen molar-refractivity contribution in [2.75, 3.05) is 20.8 Å². The molecule has 0 saturated carbocycles. The molecule has 1 aliphatic heterocycles. The van der Waals surface area contributed by atoms with Crippen LogP contribution in [0.2, 0.25) is 0 Å². The van der Waals surface area contributed by atoms with E-state index in [9.17, 15) is 9.59 Å². The van der Waals surface area contributed by atoms with Gasteiger partial charge in [-0.3, -0.25) is 9.36 Å². The van der Waals surface area contributed by atoms with Gasteiger partial charge in [-0.1, -0.05) is 23.5 Å². The minimum Gasteiger partial charge on any atom is -0.493 e. The van der Waals surface area contributed by atoms with Crippen LogP contribution in [0.1, 0.15) is 30.3 Å². The number of nitrogens with zero attached hydrogens (tertiary/aromatic N) is 2. The highest BCUT2D eigenvalue weighted by molar-refractivity contribution is 7.11. The Labute approximate surface area is 192 Å². The van der Waals surface area contributed by atoms with Gasteiger partial charge in [0, 0.05) is 4.88 Å². The van der Waals surface area contributed by atoms with Crippen LogP contribution in [0.3, 0.4) is 0 Å². The summed E-state index contributed by atoms with van der Waals surface area (Å²) >= 11 is 2.85. The molecule has 3 heterocycles. The number of thiazole rings is 1. The van der Waals surface area contributed by atoms with E-state index in [1.807, 2.05) is 29.7 Å². The molecular formula is C23H22N2O5S2. The Kier molecular flexibility index (Phi) is 6.29. The Hall–Kier alpha value is -3.17. The first-order valence-electron chi connectivity index (χ1n) is 9.93. The Morgan fingerprint density at radius 2 is 2.00 bits per heavy atom. The van der Waals surface area contributed by atoms with Gasteiger partial charge in [-0.15, -0.1) is 11.3 Å². The van der Waals surface area contributed by atoms with E-state index in [0.717, 1.165) is 4.88 Å². The number of rotatable bonds is 6. The fraction of sp³-hybridized carbons (Fsp3) is 0.261. The molecule has 0 bridgehead atoms. The predicted molar refractivity (Wildman–Crippen MR) is 124 cm³/mol. The second-order valence-corrected chi connectivity index (χ2v) is 8.92. The fourth-order valence-corrected chi connectivity index (χ4v) is 5.40. The van der Waals surface area contributed by atoms with Crippen LogP contribution < -0.4 is 24.4 Å². The van der Waals surface area contributed by atoms with Crippen LogP contribution in [0, 0.1) is 0 Å². The molecule has 0 spiro atoms. The van der Waals surface area contributed by atoms with Gasteiger partial charge in [0.2, 0.25) is 0 Å². The number of esters is 1. The number of benzene rings is 1. The summed E-state index contributed by atoms with van der Waals surface area (Å²) in [5.41, 5.74) is 1.33. The van der Waals surface area contributed by atoms with E-state index >= 15 is 0 Å². The lowest BCUT2D eigenvalue weighted by Gasteiger charge is -2.25. The van der Waals surface area contributed by atoms with Gasteiger partial charge in [0.05, 0.1) is 42.7 Å². The molecule has 7 nitrogen and oxygen atoms in total. The highest BCUT2D eigenvalue weighted by Gasteiger charge is 2.33. The SMILES string of the molecule is CCOC(=O)C1=C(C)N=c2s/c(=C\c3cccs3)c(=O)n2[C@H]1c1ccc(OC)c(OC)c1. The molecule has 1 atom stereocenters. The molecule has 1 aromatic carbocycles. The van der Waals surface area contributed by atoms with E-state index in [0.29, 0.717) is 37.7 Å².